The van der Waals surface area contributed by atoms with E-state index in [1.807, 2.05) is 6.26 Å². The topological polar surface area (TPSA) is 286 Å². The Hall–Kier alpha value is -3.56. The van der Waals surface area contributed by atoms with Gasteiger partial charge in [0.15, 0.2) is 5.13 Å². The fraction of sp³-hybridized carbons (Fsp3) is 0.213. The number of halogens is 4. The van der Waals surface area contributed by atoms with Crippen molar-refractivity contribution in [3.05, 3.63) is 159 Å². The van der Waals surface area contributed by atoms with E-state index in [4.69, 9.17) is 43.0 Å². The number of amides is 6. The monoisotopic (exact) mass is 1750 g/mol. The Balaban J connectivity index is 0.000000245. The van der Waals surface area contributed by atoms with Crippen LogP contribution >= 0.6 is 34.7 Å². The number of hydrogen-bond donors (Lipinski definition) is 3. The molecule has 0 saturated carbocycles. The number of thiazole rings is 1. The minimum atomic E-state index is -0.779. The van der Waals surface area contributed by atoms with Gasteiger partial charge in [0.25, 0.3) is 17.7 Å². The quantitative estimate of drug-likeness (QED) is 0.0552. The molecule has 0 spiro atoms. The summed E-state index contributed by atoms with van der Waals surface area (Å²) >= 11 is 8.36. The van der Waals surface area contributed by atoms with E-state index in [9.17, 15) is 41.9 Å². The predicted molar refractivity (Wildman–Crippen MR) is 271 cm³/mol. The van der Waals surface area contributed by atoms with Gasteiger partial charge < -0.3 is 42.0 Å². The summed E-state index contributed by atoms with van der Waals surface area (Å²) in [5.41, 5.74) is 23.0. The first-order valence-electron chi connectivity index (χ1n) is 21.8. The number of nitrogens with zero attached hydrogens (tertiary/aromatic N) is 6. The van der Waals surface area contributed by atoms with Crippen molar-refractivity contribution in [2.45, 2.75) is 23.3 Å². The van der Waals surface area contributed by atoms with E-state index >= 15 is 0 Å². The van der Waals surface area contributed by atoms with Crippen molar-refractivity contribution in [2.24, 2.45) is 0 Å². The van der Waals surface area contributed by atoms with Crippen LogP contribution < -0.4 is 30.7 Å². The van der Waals surface area contributed by atoms with Gasteiger partial charge in [0.05, 0.1) is 82.2 Å². The van der Waals surface area contributed by atoms with E-state index in [2.05, 4.69) is 30.9 Å². The van der Waals surface area contributed by atoms with Crippen LogP contribution in [0.4, 0.5) is 61.1 Å². The Kier molecular flexibility index (Phi) is 26.9. The van der Waals surface area contributed by atoms with Crippen LogP contribution in [0.25, 0.3) is 17.2 Å². The van der Waals surface area contributed by atoms with E-state index < -0.39 is 71.8 Å². The number of ether oxygens (including phenoxy) is 3. The molecular formula is C47H41Ac3ClF3N12O9S2-3. The molecule has 30 heteroatoms. The van der Waals surface area contributed by atoms with Crippen LogP contribution in [0.5, 0.6) is 0 Å². The fourth-order valence-corrected chi connectivity index (χ4v) is 7.95. The average Bonchev–Trinajstić information content (AvgIpc) is 4.22. The molecule has 0 bridgehead atoms. The minimum absolute atomic E-state index is 0. The van der Waals surface area contributed by atoms with E-state index in [0.717, 1.165) is 23.2 Å². The number of rotatable bonds is 13. The molecule has 6 N–H and O–H groups in total. The van der Waals surface area contributed by atoms with Gasteiger partial charge in [-0.15, -0.1) is 42.7 Å². The van der Waals surface area contributed by atoms with Gasteiger partial charge in [0, 0.05) is 144 Å². The number of pyridine rings is 2. The summed E-state index contributed by atoms with van der Waals surface area (Å²) in [7, 11) is 0. The number of aromatic nitrogens is 3. The Morgan fingerprint density at radius 2 is 1.00 bits per heavy atom. The number of benzene rings is 3. The zero-order chi connectivity index (χ0) is 53.1. The molecule has 3 fully saturated rings. The predicted octanol–water partition coefficient (Wildman–Crippen LogP) is 9.99. The summed E-state index contributed by atoms with van der Waals surface area (Å²) in [4.78, 5) is 87.2. The van der Waals surface area contributed by atoms with Gasteiger partial charge in [-0.1, -0.05) is 11.6 Å². The number of anilines is 6. The maximum absolute atomic E-state index is 14.4. The number of cyclic esters (lactones) is 3. The van der Waals surface area contributed by atoms with Crippen LogP contribution in [-0.4, -0.2) is 115 Å². The molecule has 3 saturated heterocycles. The summed E-state index contributed by atoms with van der Waals surface area (Å²) < 4.78 is 57.8. The molecule has 0 unspecified atom stereocenters. The normalized spacial score (nSPS) is 16.1. The second kappa shape index (κ2) is 31.4. The molecule has 0 aliphatic carbocycles. The molecule has 3 aromatic heterocycles. The van der Waals surface area contributed by atoms with Gasteiger partial charge in [-0.2, -0.15) is 0 Å². The zero-order valence-electron chi connectivity index (χ0n) is 40.2. The van der Waals surface area contributed by atoms with Crippen molar-refractivity contribution < 1.29 is 188 Å². The van der Waals surface area contributed by atoms with Crippen molar-refractivity contribution in [1.29, 1.82) is 0 Å². The van der Waals surface area contributed by atoms with Crippen LogP contribution in [0.15, 0.2) is 108 Å². The van der Waals surface area contributed by atoms with Crippen molar-refractivity contribution in [2.75, 3.05) is 76.2 Å². The van der Waals surface area contributed by atoms with E-state index in [0.29, 0.717) is 16.5 Å². The van der Waals surface area contributed by atoms with Gasteiger partial charge >= 0.3 is 18.3 Å². The molecule has 3 atom stereocenters. The standard InChI is InChI=1S/C17H16FN4O3S.C16H13ClFN4O3.C14H12FN4O3S.3Ac/c1-26-15-5-2-10(8-20-15)21-16(23)13-4-3-11(6-14(13)18)22-9-12(7-19)25-17(22)24;17-14-4-1-9(7-20-14)21-15(23)12-3-2-10(5-13(12)18)22-8-11(6-19)25-16(22)24;15-11-5-8(19-7-9(6-16)22-14(19)21)1-2-10(11)12(20)18-13-17-3-4-23-13;;;/h2-6,8,12,19H,7,9H2,1H3,(H,21,23);1-5,7,11,19H,6,8H2,(H,21,23);1-5,9,16H,6-7H2,(H,17,18,20);;;/q3*-1;;;/t12-;11-;9-;;;/m000.../s1. The van der Waals surface area contributed by atoms with Gasteiger partial charge in [-0.3, -0.25) is 34.4 Å². The van der Waals surface area contributed by atoms with Crippen molar-refractivity contribution in [3.63, 3.8) is 0 Å². The Bertz CT molecular complexity index is 3040. The summed E-state index contributed by atoms with van der Waals surface area (Å²) in [5, 5.41) is 10.7. The first kappa shape index (κ1) is 66.0. The molecule has 395 valence electrons. The number of thioether (sulfide) groups is 1. The smallest absolute Gasteiger partial charge is 0.414 e. The summed E-state index contributed by atoms with van der Waals surface area (Å²) in [6.45, 7) is 0.352. The zero-order valence-corrected chi connectivity index (χ0v) is 56.8. The second-order valence-electron chi connectivity index (χ2n) is 15.6. The molecule has 6 heterocycles. The molecule has 3 aliphatic rings. The molecule has 9 rings (SSSR count). The maximum atomic E-state index is 14.4. The van der Waals surface area contributed by atoms with Gasteiger partial charge in [-0.25, -0.2) is 42.5 Å². The molecule has 6 aromatic rings. The summed E-state index contributed by atoms with van der Waals surface area (Å²) in [6.07, 6.45) is 2.77. The maximum Gasteiger partial charge on any atom is 0.414 e. The van der Waals surface area contributed by atoms with Gasteiger partial charge in [0.1, 0.15) is 40.9 Å². The summed E-state index contributed by atoms with van der Waals surface area (Å²) in [5.74, 6) is -4.16. The Labute approximate surface area is 558 Å². The molecule has 3 radical (unpaired) electrons. The molecule has 77 heavy (non-hydrogen) atoms. The third-order valence-electron chi connectivity index (χ3n) is 10.7. The van der Waals surface area contributed by atoms with Crippen LogP contribution in [0.1, 0.15) is 31.1 Å². The second-order valence-corrected chi connectivity index (χ2v) is 17.7. The molecule has 3 aliphatic heterocycles. The fourth-order valence-electron chi connectivity index (χ4n) is 6.96. The molecule has 3 aromatic carbocycles. The number of nitrogens with one attached hydrogen (secondary N) is 6. The van der Waals surface area contributed by atoms with Crippen molar-refractivity contribution in [3.8, 4) is 0 Å². The van der Waals surface area contributed by atoms with Crippen LogP contribution in [0.2, 0.25) is 5.15 Å². The third kappa shape index (κ3) is 17.7. The number of hydrogen-bond acceptors (Lipinski definition) is 14. The van der Waals surface area contributed by atoms with Gasteiger partial charge in [0.2, 0.25) is 0 Å². The van der Waals surface area contributed by atoms with Crippen LogP contribution in [-0.2, 0) is 14.2 Å². The van der Waals surface area contributed by atoms with E-state index in [-0.39, 0.29) is 210 Å². The minimum Gasteiger partial charge on any atom is -0.674 e. The van der Waals surface area contributed by atoms with Crippen molar-refractivity contribution >= 4 is 104 Å². The van der Waals surface area contributed by atoms with E-state index in [1.165, 1.54) is 98.9 Å². The first-order chi connectivity index (χ1) is 35.6. The third-order valence-corrected chi connectivity index (χ3v) is 12.2. The average molecular weight is 1760 g/mol. The molecule has 6 amide bonds. The van der Waals surface area contributed by atoms with Gasteiger partial charge in [-0.05, 0) is 85.1 Å². The Morgan fingerprint density at radius 1 is 0.610 bits per heavy atom. The SMILES string of the molecule is CSc1ccc(NC(=O)c2ccc(N3C[C@H](C[NH-])OC3=O)cc2F)cn1.[Ac].[Ac].[Ac].[NH-]C[C@H]1CN(c2ccc(C(=O)Nc3ccc(Cl)nc3)c(F)c2)C(=O)O1.[NH-]C[C@H]1CN(c2ccc(C(=O)Nc3nccs3)c(F)c2)C(=O)O1. The number of carbonyl (C=O) groups is 6. The van der Waals surface area contributed by atoms with Crippen LogP contribution in [0.3, 0.4) is 0 Å². The largest absolute Gasteiger partial charge is 0.674 e. The first-order valence-corrected chi connectivity index (χ1v) is 24.3. The number of carbonyl (C=O) groups excluding carboxylic acids is 6. The molecular weight excluding hydrogens is 1710 g/mol. The Morgan fingerprint density at radius 3 is 1.30 bits per heavy atom. The van der Waals surface area contributed by atoms with Crippen LogP contribution in [0, 0.1) is 150 Å². The van der Waals surface area contributed by atoms with Crippen molar-refractivity contribution in [1.82, 2.24) is 15.0 Å². The molecule has 21 nitrogen and oxygen atoms in total. The summed E-state index contributed by atoms with van der Waals surface area (Å²) in [6, 6.07) is 18.1. The van der Waals surface area contributed by atoms with E-state index in [1.54, 1.807) is 23.6 Å².